The van der Waals surface area contributed by atoms with E-state index in [1.54, 1.807) is 0 Å². The standard InChI is InChI=1S/C18H21FN2O4/c1-11-5-3-4-8-18(11)16(23)21(17(24)20-18)10-14(22)13-9-12(19)6-7-15(13)25-2/h6-7,9,11H,3-5,8,10H2,1-2H3,(H,20,24)/t11-,18+/m0/s1. The van der Waals surface area contributed by atoms with Gasteiger partial charge in [0, 0.05) is 0 Å². The van der Waals surface area contributed by atoms with Crippen LogP contribution in [0.15, 0.2) is 18.2 Å². The number of carbonyl (C=O) groups excluding carboxylic acids is 3. The normalized spacial score (nSPS) is 26.0. The Balaban J connectivity index is 1.83. The van der Waals surface area contributed by atoms with Crippen molar-refractivity contribution in [3.63, 3.8) is 0 Å². The summed E-state index contributed by atoms with van der Waals surface area (Å²) >= 11 is 0. The van der Waals surface area contributed by atoms with Crippen LogP contribution in [0.1, 0.15) is 43.0 Å². The lowest BCUT2D eigenvalue weighted by molar-refractivity contribution is -0.133. The Morgan fingerprint density at radius 3 is 2.84 bits per heavy atom. The number of hydrogen-bond donors (Lipinski definition) is 1. The zero-order chi connectivity index (χ0) is 18.2. The number of imide groups is 1. The van der Waals surface area contributed by atoms with Crippen molar-refractivity contribution in [3.8, 4) is 5.75 Å². The van der Waals surface area contributed by atoms with Gasteiger partial charge in [0.25, 0.3) is 5.91 Å². The first-order valence-electron chi connectivity index (χ1n) is 8.40. The lowest BCUT2D eigenvalue weighted by Crippen LogP contribution is -2.54. The maximum atomic E-state index is 13.5. The first-order valence-corrected chi connectivity index (χ1v) is 8.40. The maximum Gasteiger partial charge on any atom is 0.325 e. The summed E-state index contributed by atoms with van der Waals surface area (Å²) in [5.74, 6) is -1.27. The number of nitrogens with zero attached hydrogens (tertiary/aromatic N) is 1. The van der Waals surface area contributed by atoms with E-state index < -0.39 is 29.7 Å². The van der Waals surface area contributed by atoms with Gasteiger partial charge in [-0.1, -0.05) is 19.8 Å². The fourth-order valence-corrected chi connectivity index (χ4v) is 3.77. The quantitative estimate of drug-likeness (QED) is 0.670. The minimum absolute atomic E-state index is 0.0146. The predicted octanol–water partition coefficient (Wildman–Crippen LogP) is 2.52. The average molecular weight is 348 g/mol. The Bertz CT molecular complexity index is 736. The molecule has 6 nitrogen and oxygen atoms in total. The largest absolute Gasteiger partial charge is 0.496 e. The van der Waals surface area contributed by atoms with Crippen LogP contribution >= 0.6 is 0 Å². The van der Waals surface area contributed by atoms with Crippen LogP contribution in [-0.2, 0) is 4.79 Å². The lowest BCUT2D eigenvalue weighted by atomic mass is 9.73. The van der Waals surface area contributed by atoms with Gasteiger partial charge in [-0.3, -0.25) is 14.5 Å². The number of benzene rings is 1. The number of methoxy groups -OCH3 is 1. The summed E-state index contributed by atoms with van der Waals surface area (Å²) in [5, 5.41) is 2.80. The van der Waals surface area contributed by atoms with Crippen LogP contribution in [-0.4, -0.2) is 41.8 Å². The SMILES string of the molecule is COc1ccc(F)cc1C(=O)CN1C(=O)N[C@@]2(CCCC[C@@H]2C)C1=O. The molecule has 2 aliphatic rings. The van der Waals surface area contributed by atoms with E-state index in [2.05, 4.69) is 5.32 Å². The number of ketones is 1. The third kappa shape index (κ3) is 2.88. The third-order valence-corrected chi connectivity index (χ3v) is 5.27. The molecule has 0 unspecified atom stereocenters. The number of ether oxygens (including phenoxy) is 1. The molecule has 2 atom stereocenters. The van der Waals surface area contributed by atoms with Crippen LogP contribution < -0.4 is 10.1 Å². The predicted molar refractivity (Wildman–Crippen MR) is 87.9 cm³/mol. The van der Waals surface area contributed by atoms with Gasteiger partial charge in [0.1, 0.15) is 17.1 Å². The Kier molecular flexibility index (Phi) is 4.49. The van der Waals surface area contributed by atoms with E-state index in [0.717, 1.165) is 30.2 Å². The molecular formula is C18H21FN2O4. The molecule has 1 N–H and O–H groups in total. The molecule has 1 heterocycles. The average Bonchev–Trinajstić information content (AvgIpc) is 2.82. The van der Waals surface area contributed by atoms with Crippen LogP contribution in [0.25, 0.3) is 0 Å². The molecule has 3 rings (SSSR count). The molecule has 25 heavy (non-hydrogen) atoms. The highest BCUT2D eigenvalue weighted by Crippen LogP contribution is 2.38. The number of nitrogens with one attached hydrogen (secondary N) is 1. The van der Waals surface area contributed by atoms with E-state index in [0.29, 0.717) is 6.42 Å². The molecule has 1 spiro atoms. The zero-order valence-electron chi connectivity index (χ0n) is 14.3. The fraction of sp³-hybridized carbons (Fsp3) is 0.500. The Morgan fingerprint density at radius 2 is 2.16 bits per heavy atom. The summed E-state index contributed by atoms with van der Waals surface area (Å²) in [6.07, 6.45) is 3.31. The Hall–Kier alpha value is -2.44. The van der Waals surface area contributed by atoms with Crippen molar-refractivity contribution in [2.75, 3.05) is 13.7 Å². The molecular weight excluding hydrogens is 327 g/mol. The first kappa shape index (κ1) is 17.4. The second-order valence-corrected chi connectivity index (χ2v) is 6.71. The zero-order valence-corrected chi connectivity index (χ0v) is 14.3. The van der Waals surface area contributed by atoms with Crippen LogP contribution in [0.5, 0.6) is 5.75 Å². The second-order valence-electron chi connectivity index (χ2n) is 6.71. The topological polar surface area (TPSA) is 75.7 Å². The monoisotopic (exact) mass is 348 g/mol. The van der Waals surface area contributed by atoms with Gasteiger partial charge in [-0.25, -0.2) is 9.18 Å². The molecule has 1 aromatic rings. The van der Waals surface area contributed by atoms with E-state index in [4.69, 9.17) is 4.74 Å². The van der Waals surface area contributed by atoms with Gasteiger partial charge < -0.3 is 10.1 Å². The van der Waals surface area contributed by atoms with Crippen molar-refractivity contribution in [3.05, 3.63) is 29.6 Å². The maximum absolute atomic E-state index is 13.5. The van der Waals surface area contributed by atoms with Crippen molar-refractivity contribution in [1.29, 1.82) is 0 Å². The van der Waals surface area contributed by atoms with E-state index in [-0.39, 0.29) is 23.1 Å². The summed E-state index contributed by atoms with van der Waals surface area (Å²) in [6, 6.07) is 3.02. The van der Waals surface area contributed by atoms with Crippen LogP contribution in [0.4, 0.5) is 9.18 Å². The molecule has 1 aromatic carbocycles. The molecule has 1 saturated heterocycles. The van der Waals surface area contributed by atoms with E-state index in [1.165, 1.54) is 19.2 Å². The Labute approximate surface area is 145 Å². The molecule has 0 bridgehead atoms. The smallest absolute Gasteiger partial charge is 0.325 e. The summed E-state index contributed by atoms with van der Waals surface area (Å²) in [5.41, 5.74) is -0.900. The fourth-order valence-electron chi connectivity index (χ4n) is 3.77. The van der Waals surface area contributed by atoms with Crippen molar-refractivity contribution < 1.29 is 23.5 Å². The van der Waals surface area contributed by atoms with Crippen molar-refractivity contribution in [1.82, 2.24) is 10.2 Å². The molecule has 0 aromatic heterocycles. The van der Waals surface area contributed by atoms with Crippen LogP contribution in [0.2, 0.25) is 0 Å². The summed E-state index contributed by atoms with van der Waals surface area (Å²) in [6.45, 7) is 1.51. The minimum Gasteiger partial charge on any atom is -0.496 e. The number of urea groups is 1. The molecule has 1 aliphatic carbocycles. The van der Waals surface area contributed by atoms with Crippen LogP contribution in [0, 0.1) is 11.7 Å². The first-order chi connectivity index (χ1) is 11.9. The van der Waals surface area contributed by atoms with Gasteiger partial charge in [-0.15, -0.1) is 0 Å². The van der Waals surface area contributed by atoms with Crippen LogP contribution in [0.3, 0.4) is 0 Å². The third-order valence-electron chi connectivity index (χ3n) is 5.27. The highest BCUT2D eigenvalue weighted by Gasteiger charge is 2.55. The van der Waals surface area contributed by atoms with Crippen molar-refractivity contribution in [2.24, 2.45) is 5.92 Å². The molecule has 3 amide bonds. The number of carbonyl (C=O) groups is 3. The van der Waals surface area contributed by atoms with E-state index in [1.807, 2.05) is 6.92 Å². The molecule has 1 aliphatic heterocycles. The number of halogens is 1. The lowest BCUT2D eigenvalue weighted by Gasteiger charge is -2.36. The van der Waals surface area contributed by atoms with Gasteiger partial charge in [0.15, 0.2) is 5.78 Å². The van der Waals surface area contributed by atoms with Gasteiger partial charge in [0.05, 0.1) is 19.2 Å². The van der Waals surface area contributed by atoms with Gasteiger partial charge in [-0.2, -0.15) is 0 Å². The highest BCUT2D eigenvalue weighted by molar-refractivity contribution is 6.11. The minimum atomic E-state index is -0.915. The molecule has 0 radical (unpaired) electrons. The molecule has 7 heteroatoms. The molecule has 1 saturated carbocycles. The number of rotatable bonds is 4. The summed E-state index contributed by atoms with van der Waals surface area (Å²) in [4.78, 5) is 38.7. The summed E-state index contributed by atoms with van der Waals surface area (Å²) in [7, 11) is 1.37. The molecule has 134 valence electrons. The molecule has 2 fully saturated rings. The number of Topliss-reactive ketones (excluding diaryl/α,β-unsaturated/α-hetero) is 1. The van der Waals surface area contributed by atoms with Crippen molar-refractivity contribution in [2.45, 2.75) is 38.1 Å². The van der Waals surface area contributed by atoms with Crippen molar-refractivity contribution >= 4 is 17.7 Å². The highest BCUT2D eigenvalue weighted by atomic mass is 19.1. The number of hydrogen-bond acceptors (Lipinski definition) is 4. The Morgan fingerprint density at radius 1 is 1.40 bits per heavy atom. The van der Waals surface area contributed by atoms with E-state index in [9.17, 15) is 18.8 Å². The summed E-state index contributed by atoms with van der Waals surface area (Å²) < 4.78 is 18.6. The number of amides is 3. The second kappa shape index (κ2) is 6.46. The van der Waals surface area contributed by atoms with E-state index >= 15 is 0 Å². The van der Waals surface area contributed by atoms with Gasteiger partial charge >= 0.3 is 6.03 Å². The van der Waals surface area contributed by atoms with Gasteiger partial charge in [0.2, 0.25) is 0 Å². The van der Waals surface area contributed by atoms with Gasteiger partial charge in [-0.05, 0) is 37.0 Å².